The lowest BCUT2D eigenvalue weighted by molar-refractivity contribution is -0.832. The monoisotopic (exact) mass is 746 g/mol. The number of aromatic nitrogens is 2. The van der Waals surface area contributed by atoms with Crippen LogP contribution < -0.4 is 9.64 Å². The standard InChI is InChI=1S/C41H50N2O9S/c1-26-28-14-15-31-39(4,29(28)24-30(44)33(26)45)19-21-41(6)32-25-38(3,17-16-37(32,2)18-20-40(31,41)5)36(46)51-23-11-10-22-50-34-35(43(47)52-42-34)53(48,49)27-12-8-7-9-13-27/h7-9,12-15,24,32,45H,10-11,16-23,25H2,1-6H3/t32-,37-,38-,39+,40-,41+/m1/s1. The van der Waals surface area contributed by atoms with Gasteiger partial charge < -0.3 is 19.8 Å². The van der Waals surface area contributed by atoms with E-state index in [1.54, 1.807) is 24.3 Å². The molecule has 2 aromatic rings. The van der Waals surface area contributed by atoms with Crippen LogP contribution in [0.4, 0.5) is 0 Å². The van der Waals surface area contributed by atoms with E-state index in [0.717, 1.165) is 56.1 Å². The quantitative estimate of drug-likeness (QED) is 0.155. The Kier molecular flexibility index (Phi) is 8.90. The number of hydrogen-bond donors (Lipinski definition) is 1. The number of allylic oxidation sites excluding steroid dienone is 7. The summed E-state index contributed by atoms with van der Waals surface area (Å²) in [5.74, 6) is -0.821. The first kappa shape index (κ1) is 37.1. The third-order valence-corrected chi connectivity index (χ3v) is 16.0. The van der Waals surface area contributed by atoms with Crippen molar-refractivity contribution in [1.82, 2.24) is 5.16 Å². The summed E-state index contributed by atoms with van der Waals surface area (Å²) >= 11 is 0. The number of benzene rings is 1. The fourth-order valence-corrected chi connectivity index (χ4v) is 11.9. The van der Waals surface area contributed by atoms with Crippen LogP contribution in [0, 0.1) is 38.2 Å². The molecule has 3 saturated carbocycles. The van der Waals surface area contributed by atoms with Crippen LogP contribution >= 0.6 is 0 Å². The second-order valence-corrected chi connectivity index (χ2v) is 19.0. The van der Waals surface area contributed by atoms with E-state index in [4.69, 9.17) is 9.47 Å². The molecule has 0 radical (unpaired) electrons. The van der Waals surface area contributed by atoms with Crippen molar-refractivity contribution in [2.24, 2.45) is 33.0 Å². The van der Waals surface area contributed by atoms with Gasteiger partial charge in [-0.1, -0.05) is 63.6 Å². The Morgan fingerprint density at radius 2 is 1.70 bits per heavy atom. The van der Waals surface area contributed by atoms with Crippen molar-refractivity contribution in [1.29, 1.82) is 0 Å². The van der Waals surface area contributed by atoms with Gasteiger partial charge in [-0.25, -0.2) is 8.42 Å². The number of rotatable bonds is 9. The largest absolute Gasteiger partial charge is 0.504 e. The third kappa shape index (κ3) is 5.60. The lowest BCUT2D eigenvalue weighted by atomic mass is 9.34. The van der Waals surface area contributed by atoms with Crippen LogP contribution in [0.15, 0.2) is 91.2 Å². The summed E-state index contributed by atoms with van der Waals surface area (Å²) in [7, 11) is -4.21. The molecule has 6 atom stereocenters. The molecule has 3 fully saturated rings. The van der Waals surface area contributed by atoms with Crippen LogP contribution in [0.5, 0.6) is 5.88 Å². The van der Waals surface area contributed by atoms with Crippen LogP contribution in [0.2, 0.25) is 0 Å². The minimum atomic E-state index is -4.21. The molecular weight excluding hydrogens is 697 g/mol. The van der Waals surface area contributed by atoms with Gasteiger partial charge in [0.15, 0.2) is 5.76 Å². The van der Waals surface area contributed by atoms with E-state index >= 15 is 0 Å². The van der Waals surface area contributed by atoms with Crippen LogP contribution in [0.25, 0.3) is 0 Å². The molecule has 0 saturated heterocycles. The van der Waals surface area contributed by atoms with Gasteiger partial charge in [0.1, 0.15) is 0 Å². The summed E-state index contributed by atoms with van der Waals surface area (Å²) in [6, 6.07) is 7.51. The second kappa shape index (κ2) is 12.7. The molecule has 1 N–H and O–H groups in total. The predicted molar refractivity (Wildman–Crippen MR) is 194 cm³/mol. The Bertz CT molecular complexity index is 2100. The molecular formula is C41H50N2O9S. The van der Waals surface area contributed by atoms with Crippen LogP contribution in [0.3, 0.4) is 0 Å². The fourth-order valence-electron chi connectivity index (χ4n) is 10.6. The number of hydrogen-bond acceptors (Lipinski definition) is 10. The lowest BCUT2D eigenvalue weighted by Crippen LogP contribution is -2.62. The molecule has 0 bridgehead atoms. The van der Waals surface area contributed by atoms with Crippen LogP contribution in [-0.2, 0) is 24.2 Å². The molecule has 11 nitrogen and oxygen atoms in total. The summed E-state index contributed by atoms with van der Waals surface area (Å²) in [5.41, 5.74) is 2.87. The van der Waals surface area contributed by atoms with Crippen molar-refractivity contribution in [2.75, 3.05) is 13.2 Å². The molecule has 284 valence electrons. The first-order valence-corrected chi connectivity index (χ1v) is 20.2. The number of carbonyl (C=O) groups excluding carboxylic acids is 2. The number of unbranched alkanes of at least 4 members (excludes halogenated alkanes) is 1. The maximum Gasteiger partial charge on any atom is 0.414 e. The molecule has 0 aliphatic heterocycles. The Labute approximate surface area is 311 Å². The zero-order chi connectivity index (χ0) is 38.2. The predicted octanol–water partition coefficient (Wildman–Crippen LogP) is 7.47. The van der Waals surface area contributed by atoms with Gasteiger partial charge in [0.05, 0.1) is 28.7 Å². The molecule has 53 heavy (non-hydrogen) atoms. The molecule has 1 heterocycles. The molecule has 0 spiro atoms. The number of sulfone groups is 1. The van der Waals surface area contributed by atoms with Crippen LogP contribution in [-0.4, -0.2) is 43.6 Å². The van der Waals surface area contributed by atoms with Gasteiger partial charge in [0, 0.05) is 11.0 Å². The summed E-state index contributed by atoms with van der Waals surface area (Å²) in [4.78, 5) is 26.4. The number of ketones is 1. The molecule has 12 heteroatoms. The summed E-state index contributed by atoms with van der Waals surface area (Å²) in [5, 5.41) is 25.4. The summed E-state index contributed by atoms with van der Waals surface area (Å²) in [6.45, 7) is 13.6. The minimum Gasteiger partial charge on any atom is -0.504 e. The topological polar surface area (TPSA) is 160 Å². The van der Waals surface area contributed by atoms with Crippen molar-refractivity contribution in [2.45, 2.75) is 109 Å². The number of aliphatic hydroxyl groups is 1. The molecule has 1 aromatic heterocycles. The van der Waals surface area contributed by atoms with Crippen LogP contribution in [0.1, 0.15) is 99.3 Å². The van der Waals surface area contributed by atoms with Gasteiger partial charge >= 0.3 is 16.9 Å². The van der Waals surface area contributed by atoms with E-state index in [-0.39, 0.29) is 68.1 Å². The Hall–Kier alpha value is -4.19. The van der Waals surface area contributed by atoms with E-state index in [1.165, 1.54) is 17.7 Å². The van der Waals surface area contributed by atoms with Gasteiger partial charge in [-0.05, 0) is 128 Å². The number of aliphatic hydroxyl groups excluding tert-OH is 1. The SMILES string of the molecule is CC1=C(O)C(=O)C=C2C1=CC=C1[C@@]2(C)CC[C@@]2(C)[C@@H]3C[C@](C)(C(=O)OCCCCOc4no[n+]([O-])c4S(=O)(=O)c4ccccc4)CC[C@]3(C)CC[C@]12C. The van der Waals surface area contributed by atoms with Gasteiger partial charge in [-0.2, -0.15) is 0 Å². The highest BCUT2D eigenvalue weighted by molar-refractivity contribution is 7.91. The first-order valence-electron chi connectivity index (χ1n) is 18.7. The fraction of sp³-hybridized carbons (Fsp3) is 0.561. The Morgan fingerprint density at radius 3 is 2.43 bits per heavy atom. The highest BCUT2D eigenvalue weighted by Gasteiger charge is 2.67. The van der Waals surface area contributed by atoms with Gasteiger partial charge in [0.2, 0.25) is 5.78 Å². The smallest absolute Gasteiger partial charge is 0.414 e. The molecule has 7 rings (SSSR count). The van der Waals surface area contributed by atoms with E-state index < -0.39 is 26.2 Å². The zero-order valence-corrected chi connectivity index (χ0v) is 32.3. The molecule has 5 aliphatic carbocycles. The lowest BCUT2D eigenvalue weighted by Gasteiger charge is -2.70. The Morgan fingerprint density at radius 1 is 1.00 bits per heavy atom. The van der Waals surface area contributed by atoms with E-state index in [2.05, 4.69) is 49.6 Å². The third-order valence-electron chi connectivity index (χ3n) is 14.2. The van der Waals surface area contributed by atoms with Crippen molar-refractivity contribution < 1.29 is 42.1 Å². The number of ether oxygens (including phenoxy) is 2. The van der Waals surface area contributed by atoms with Gasteiger partial charge in [-0.15, -0.1) is 0 Å². The molecule has 1 aromatic carbocycles. The number of nitrogens with zero attached hydrogens (tertiary/aromatic N) is 2. The van der Waals surface area contributed by atoms with E-state index in [9.17, 15) is 28.3 Å². The van der Waals surface area contributed by atoms with E-state index in [1.807, 2.05) is 13.8 Å². The Balaban J connectivity index is 1.01. The average Bonchev–Trinajstić information content (AvgIpc) is 3.51. The second-order valence-electron chi connectivity index (χ2n) is 17.2. The molecule has 5 aliphatic rings. The van der Waals surface area contributed by atoms with Crippen molar-refractivity contribution in [3.8, 4) is 5.88 Å². The minimum absolute atomic E-state index is 0.0452. The summed E-state index contributed by atoms with van der Waals surface area (Å²) in [6.07, 6.45) is 13.3. The van der Waals surface area contributed by atoms with Gasteiger partial charge in [0.25, 0.3) is 9.84 Å². The number of carbonyl (C=O) groups is 2. The normalized spacial score (nSPS) is 33.7. The van der Waals surface area contributed by atoms with Crippen molar-refractivity contribution >= 4 is 21.6 Å². The average molecular weight is 747 g/mol. The maximum absolute atomic E-state index is 13.9. The first-order chi connectivity index (χ1) is 24.9. The van der Waals surface area contributed by atoms with Gasteiger partial charge in [-0.3, -0.25) is 14.2 Å². The number of esters is 1. The maximum atomic E-state index is 13.9. The zero-order valence-electron chi connectivity index (χ0n) is 31.5. The highest BCUT2D eigenvalue weighted by atomic mass is 32.2. The van der Waals surface area contributed by atoms with E-state index in [0.29, 0.717) is 18.4 Å². The highest BCUT2D eigenvalue weighted by Crippen LogP contribution is 2.75. The molecule has 0 unspecified atom stereocenters. The van der Waals surface area contributed by atoms with Crippen molar-refractivity contribution in [3.63, 3.8) is 0 Å². The number of fused-ring (bicyclic) bond motifs is 7. The van der Waals surface area contributed by atoms with Crippen molar-refractivity contribution in [3.05, 3.63) is 81.8 Å². The summed E-state index contributed by atoms with van der Waals surface area (Å²) < 4.78 is 42.1. The molecule has 0 amide bonds.